The fourth-order valence-electron chi connectivity index (χ4n) is 11.4. The molecule has 0 saturated heterocycles. The lowest BCUT2D eigenvalue weighted by atomic mass is 9.80. The first-order valence-electron chi connectivity index (χ1n) is 21.5. The molecule has 0 amide bonds. The van der Waals surface area contributed by atoms with Crippen molar-refractivity contribution >= 4 is 81.7 Å². The molecule has 13 aromatic rings. The van der Waals surface area contributed by atoms with Crippen LogP contribution in [0.3, 0.4) is 0 Å². The van der Waals surface area contributed by atoms with Gasteiger partial charge in [0.05, 0.1) is 38.6 Å². The van der Waals surface area contributed by atoms with Crippen LogP contribution in [0.1, 0.15) is 27.8 Å². The van der Waals surface area contributed by atoms with Crippen LogP contribution in [-0.2, 0) is 6.42 Å². The summed E-state index contributed by atoms with van der Waals surface area (Å²) in [7, 11) is 0. The Labute approximate surface area is 352 Å². The van der Waals surface area contributed by atoms with Gasteiger partial charge in [-0.25, -0.2) is 0 Å². The quantitative estimate of drug-likeness (QED) is 0.166. The Morgan fingerprint density at radius 1 is 0.361 bits per heavy atom. The maximum absolute atomic E-state index is 2.59. The largest absolute Gasteiger partial charge is 0.309 e. The van der Waals surface area contributed by atoms with Gasteiger partial charge in [0.25, 0.3) is 0 Å². The highest BCUT2D eigenvalue weighted by atomic mass is 15.0. The molecule has 3 heteroatoms. The van der Waals surface area contributed by atoms with Crippen molar-refractivity contribution in [2.75, 3.05) is 0 Å². The molecule has 0 spiro atoms. The van der Waals surface area contributed by atoms with Gasteiger partial charge >= 0.3 is 0 Å². The zero-order valence-corrected chi connectivity index (χ0v) is 34.2. The highest BCUT2D eigenvalue weighted by Gasteiger charge is 2.29. The summed E-state index contributed by atoms with van der Waals surface area (Å²) in [5, 5.41) is 10.4. The Kier molecular flexibility index (Phi) is 6.41. The van der Waals surface area contributed by atoms with Crippen molar-refractivity contribution in [3.8, 4) is 33.6 Å². The Morgan fingerprint density at radius 3 is 1.62 bits per heavy atom. The average Bonchev–Trinajstić information content (AvgIpc) is 4.00. The van der Waals surface area contributed by atoms with Gasteiger partial charge in [0.1, 0.15) is 0 Å². The Balaban J connectivity index is 1.21. The number of fused-ring (bicyclic) bond motifs is 20. The first-order chi connectivity index (χ1) is 30.0. The molecule has 0 aliphatic heterocycles. The first kappa shape index (κ1) is 33.2. The second kappa shape index (κ2) is 11.8. The van der Waals surface area contributed by atoms with Crippen molar-refractivity contribution in [2.24, 2.45) is 0 Å². The van der Waals surface area contributed by atoms with Crippen LogP contribution in [0.5, 0.6) is 0 Å². The van der Waals surface area contributed by atoms with Crippen LogP contribution in [0.4, 0.5) is 0 Å². The van der Waals surface area contributed by atoms with Crippen LogP contribution in [0, 0.1) is 20.8 Å². The van der Waals surface area contributed by atoms with Gasteiger partial charge in [-0.3, -0.25) is 0 Å². The fourth-order valence-corrected chi connectivity index (χ4v) is 11.4. The van der Waals surface area contributed by atoms with Crippen LogP contribution in [0.15, 0.2) is 170 Å². The molecule has 2 bridgehead atoms. The monoisotopic (exact) mass is 777 g/mol. The van der Waals surface area contributed by atoms with Crippen molar-refractivity contribution in [1.82, 2.24) is 13.5 Å². The summed E-state index contributed by atoms with van der Waals surface area (Å²) < 4.78 is 7.57. The second-order valence-electron chi connectivity index (χ2n) is 17.4. The number of aryl methyl sites for hydroxylation is 2. The van der Waals surface area contributed by atoms with Crippen LogP contribution < -0.4 is 0 Å². The lowest BCUT2D eigenvalue weighted by molar-refractivity contribution is 1.17. The second-order valence-corrected chi connectivity index (χ2v) is 17.4. The molecule has 3 nitrogen and oxygen atoms in total. The molecule has 0 saturated carbocycles. The van der Waals surface area contributed by atoms with E-state index in [0.717, 1.165) is 6.42 Å². The normalized spacial score (nSPS) is 12.8. The molecule has 4 aromatic heterocycles. The molecule has 0 radical (unpaired) electrons. The molecule has 0 atom stereocenters. The average molecular weight is 778 g/mol. The molecule has 286 valence electrons. The SMILES string of the molecule is Cc1ccc(-n2c3ccccc3c3c4c(C)c(cc32)-c2ccccc2Cc2cc3c(cc2-4)c2c4c5ccccc5n(-c5ccc(C)cc5)c4cc4c5ccccc5n3c42)cc1. The molecule has 61 heavy (non-hydrogen) atoms. The van der Waals surface area contributed by atoms with Crippen LogP contribution in [0.25, 0.3) is 115 Å². The zero-order chi connectivity index (χ0) is 40.2. The van der Waals surface area contributed by atoms with E-state index in [-0.39, 0.29) is 0 Å². The van der Waals surface area contributed by atoms with Crippen LogP contribution >= 0.6 is 0 Å². The van der Waals surface area contributed by atoms with Crippen LogP contribution in [0.2, 0.25) is 0 Å². The smallest absolute Gasteiger partial charge is 0.0628 e. The fraction of sp³-hybridized carbons (Fsp3) is 0.0690. The summed E-state index contributed by atoms with van der Waals surface area (Å²) in [6.07, 6.45) is 0.847. The maximum atomic E-state index is 2.59. The number of aromatic nitrogens is 3. The van der Waals surface area contributed by atoms with E-state index in [1.165, 1.54) is 143 Å². The Bertz CT molecular complexity index is 4020. The summed E-state index contributed by atoms with van der Waals surface area (Å²) in [6, 6.07) is 64.3. The molecular weight excluding hydrogens is 739 g/mol. The standard InChI is InChI=1S/C58H39N3/c1-33-20-24-38(25-21-33)59-49-18-10-7-15-42(49)55-52(59)31-44-35(3)54(55)45-30-47-51(29-37(45)28-36-12-4-5-13-40(36)44)61-48-17-9-6-14-41(48)46-32-53-56(57(47)58(46)61)43-16-8-11-19-50(43)60(53)39-26-22-34(2)23-27-39/h4-27,29-32H,28H2,1-3H3. The number of benzene rings is 9. The number of para-hydroxylation sites is 3. The van der Waals surface area contributed by atoms with E-state index < -0.39 is 0 Å². The van der Waals surface area contributed by atoms with E-state index in [1.54, 1.807) is 0 Å². The van der Waals surface area contributed by atoms with E-state index in [9.17, 15) is 0 Å². The summed E-state index contributed by atoms with van der Waals surface area (Å²) in [4.78, 5) is 0. The topological polar surface area (TPSA) is 14.3 Å². The molecular formula is C58H39N3. The van der Waals surface area contributed by atoms with E-state index in [4.69, 9.17) is 0 Å². The lowest BCUT2D eigenvalue weighted by Crippen LogP contribution is -2.03. The molecule has 9 aromatic carbocycles. The van der Waals surface area contributed by atoms with Gasteiger partial charge in [0, 0.05) is 54.5 Å². The van der Waals surface area contributed by atoms with E-state index in [1.807, 2.05) is 0 Å². The van der Waals surface area contributed by atoms with Gasteiger partial charge in [0.2, 0.25) is 0 Å². The summed E-state index contributed by atoms with van der Waals surface area (Å²) >= 11 is 0. The van der Waals surface area contributed by atoms with Gasteiger partial charge in [0.15, 0.2) is 0 Å². The molecule has 0 fully saturated rings. The van der Waals surface area contributed by atoms with Gasteiger partial charge in [-0.05, 0) is 133 Å². The third kappa shape index (κ3) is 4.27. The van der Waals surface area contributed by atoms with Gasteiger partial charge < -0.3 is 13.5 Å². The van der Waals surface area contributed by atoms with E-state index in [2.05, 4.69) is 204 Å². The van der Waals surface area contributed by atoms with E-state index in [0.29, 0.717) is 0 Å². The molecule has 0 N–H and O–H groups in total. The minimum Gasteiger partial charge on any atom is -0.309 e. The molecule has 1 aliphatic rings. The molecule has 0 unspecified atom stereocenters. The number of hydrogen-bond acceptors (Lipinski definition) is 0. The van der Waals surface area contributed by atoms with Gasteiger partial charge in [-0.2, -0.15) is 0 Å². The summed E-state index contributed by atoms with van der Waals surface area (Å²) in [6.45, 7) is 6.70. The highest BCUT2D eigenvalue weighted by molar-refractivity contribution is 6.36. The van der Waals surface area contributed by atoms with Crippen molar-refractivity contribution in [1.29, 1.82) is 0 Å². The van der Waals surface area contributed by atoms with Gasteiger partial charge in [-0.1, -0.05) is 114 Å². The minimum atomic E-state index is 0.847. The first-order valence-corrected chi connectivity index (χ1v) is 21.5. The van der Waals surface area contributed by atoms with Gasteiger partial charge in [-0.15, -0.1) is 0 Å². The highest BCUT2D eigenvalue weighted by Crippen LogP contribution is 2.52. The molecule has 1 aliphatic carbocycles. The molecule has 14 rings (SSSR count). The lowest BCUT2D eigenvalue weighted by Gasteiger charge is -2.23. The number of nitrogens with zero attached hydrogens (tertiary/aromatic N) is 3. The third-order valence-electron chi connectivity index (χ3n) is 14.1. The predicted molar refractivity (Wildman–Crippen MR) is 258 cm³/mol. The van der Waals surface area contributed by atoms with Crippen molar-refractivity contribution in [3.63, 3.8) is 0 Å². The summed E-state index contributed by atoms with van der Waals surface area (Å²) in [5.74, 6) is 0. The van der Waals surface area contributed by atoms with Crippen molar-refractivity contribution in [2.45, 2.75) is 27.2 Å². The Hall–Kier alpha value is -7.62. The minimum absolute atomic E-state index is 0.847. The van der Waals surface area contributed by atoms with Crippen molar-refractivity contribution in [3.05, 3.63) is 198 Å². The third-order valence-corrected chi connectivity index (χ3v) is 14.1. The van der Waals surface area contributed by atoms with E-state index >= 15 is 0 Å². The number of rotatable bonds is 2. The Morgan fingerprint density at radius 2 is 0.934 bits per heavy atom. The predicted octanol–water partition coefficient (Wildman–Crippen LogP) is 15.2. The van der Waals surface area contributed by atoms with Crippen molar-refractivity contribution < 1.29 is 0 Å². The number of hydrogen-bond donors (Lipinski definition) is 0. The summed E-state index contributed by atoms with van der Waals surface area (Å²) in [5.41, 5.74) is 23.0. The van der Waals surface area contributed by atoms with Crippen LogP contribution in [-0.4, -0.2) is 13.5 Å². The zero-order valence-electron chi connectivity index (χ0n) is 34.2. The molecule has 4 heterocycles. The maximum Gasteiger partial charge on any atom is 0.0628 e.